The van der Waals surface area contributed by atoms with Crippen LogP contribution in [0.1, 0.15) is 41.2 Å². The number of rotatable bonds is 5. The van der Waals surface area contributed by atoms with E-state index < -0.39 is 0 Å². The molecule has 3 N–H and O–H groups in total. The Morgan fingerprint density at radius 1 is 1.25 bits per heavy atom. The predicted molar refractivity (Wildman–Crippen MR) is 104 cm³/mol. The number of aryl methyl sites for hydroxylation is 2. The summed E-state index contributed by atoms with van der Waals surface area (Å²) in [5, 5.41) is 7.32. The van der Waals surface area contributed by atoms with E-state index in [0.717, 1.165) is 16.8 Å². The summed E-state index contributed by atoms with van der Waals surface area (Å²) in [7, 11) is 0. The zero-order chi connectivity index (χ0) is 20.4. The first-order valence-electron chi connectivity index (χ1n) is 8.95. The standard InChI is InChI=1S/C20H23FN6O/c1-11-17(12(2)26-20(22)25-11)9-19(28)24-13(3)18-10-23-27(14(18)4)16-7-5-6-15(21)8-16/h5-8,10,13H,9H2,1-4H3,(H,24,28)(H2,22,25,26)/t13-/m1/s1. The van der Waals surface area contributed by atoms with E-state index in [0.29, 0.717) is 17.1 Å². The van der Waals surface area contributed by atoms with E-state index in [2.05, 4.69) is 20.4 Å². The molecule has 0 aliphatic carbocycles. The fourth-order valence-corrected chi connectivity index (χ4v) is 3.27. The maximum Gasteiger partial charge on any atom is 0.225 e. The number of amides is 1. The van der Waals surface area contributed by atoms with Gasteiger partial charge in [0.1, 0.15) is 5.82 Å². The minimum absolute atomic E-state index is 0.148. The number of nitrogen functional groups attached to an aromatic ring is 1. The molecule has 0 saturated carbocycles. The van der Waals surface area contributed by atoms with Crippen LogP contribution in [0.2, 0.25) is 0 Å². The molecule has 3 aromatic rings. The van der Waals surface area contributed by atoms with E-state index in [1.165, 1.54) is 12.1 Å². The van der Waals surface area contributed by atoms with Crippen LogP contribution < -0.4 is 11.1 Å². The molecule has 0 radical (unpaired) electrons. The molecule has 0 aliphatic rings. The van der Waals surface area contributed by atoms with Crippen LogP contribution in [0.4, 0.5) is 10.3 Å². The van der Waals surface area contributed by atoms with Gasteiger partial charge in [0, 0.05) is 28.2 Å². The third-order valence-corrected chi connectivity index (χ3v) is 4.72. The van der Waals surface area contributed by atoms with Crippen molar-refractivity contribution in [1.29, 1.82) is 0 Å². The van der Waals surface area contributed by atoms with Gasteiger partial charge in [0.05, 0.1) is 24.3 Å². The third-order valence-electron chi connectivity index (χ3n) is 4.72. The second-order valence-electron chi connectivity index (χ2n) is 6.77. The number of aromatic nitrogens is 4. The molecule has 1 amide bonds. The summed E-state index contributed by atoms with van der Waals surface area (Å²) in [5.41, 5.74) is 10.1. The Kier molecular flexibility index (Phi) is 5.39. The molecule has 0 unspecified atom stereocenters. The summed E-state index contributed by atoms with van der Waals surface area (Å²) in [6, 6.07) is 5.96. The summed E-state index contributed by atoms with van der Waals surface area (Å²) in [6.07, 6.45) is 1.85. The van der Waals surface area contributed by atoms with Crippen LogP contribution in [0, 0.1) is 26.6 Å². The average molecular weight is 382 g/mol. The first-order valence-corrected chi connectivity index (χ1v) is 8.95. The first kappa shape index (κ1) is 19.5. The fourth-order valence-electron chi connectivity index (χ4n) is 3.27. The number of hydrogen-bond acceptors (Lipinski definition) is 5. The summed E-state index contributed by atoms with van der Waals surface area (Å²) < 4.78 is 15.2. The van der Waals surface area contributed by atoms with Gasteiger partial charge in [-0.25, -0.2) is 19.0 Å². The normalized spacial score (nSPS) is 12.0. The van der Waals surface area contributed by atoms with E-state index in [4.69, 9.17) is 5.73 Å². The zero-order valence-corrected chi connectivity index (χ0v) is 16.3. The predicted octanol–water partition coefficient (Wildman–Crippen LogP) is 2.73. The number of benzene rings is 1. The van der Waals surface area contributed by atoms with Gasteiger partial charge in [-0.1, -0.05) is 6.07 Å². The molecule has 2 heterocycles. The van der Waals surface area contributed by atoms with Crippen molar-refractivity contribution in [3.8, 4) is 5.69 Å². The van der Waals surface area contributed by atoms with Crippen molar-refractivity contribution in [1.82, 2.24) is 25.1 Å². The molecule has 0 saturated heterocycles. The number of nitrogens with one attached hydrogen (secondary N) is 1. The SMILES string of the molecule is Cc1nc(N)nc(C)c1CC(=O)N[C@H](C)c1cnn(-c2cccc(F)c2)c1C. The number of carbonyl (C=O) groups is 1. The van der Waals surface area contributed by atoms with Crippen LogP contribution in [0.25, 0.3) is 5.69 Å². The van der Waals surface area contributed by atoms with Gasteiger partial charge in [0.25, 0.3) is 0 Å². The summed E-state index contributed by atoms with van der Waals surface area (Å²) in [6.45, 7) is 7.39. The van der Waals surface area contributed by atoms with Crippen LogP contribution in [0.3, 0.4) is 0 Å². The quantitative estimate of drug-likeness (QED) is 0.707. The topological polar surface area (TPSA) is 98.7 Å². The van der Waals surface area contributed by atoms with Gasteiger partial charge in [0.15, 0.2) is 0 Å². The number of anilines is 1. The van der Waals surface area contributed by atoms with Gasteiger partial charge in [-0.15, -0.1) is 0 Å². The lowest BCUT2D eigenvalue weighted by molar-refractivity contribution is -0.121. The Balaban J connectivity index is 1.75. The van der Waals surface area contributed by atoms with Gasteiger partial charge in [-0.3, -0.25) is 4.79 Å². The lowest BCUT2D eigenvalue weighted by Gasteiger charge is -2.15. The highest BCUT2D eigenvalue weighted by molar-refractivity contribution is 5.79. The number of nitrogens with two attached hydrogens (primary N) is 1. The first-order chi connectivity index (χ1) is 13.3. The summed E-state index contributed by atoms with van der Waals surface area (Å²) in [5.74, 6) is -0.273. The Morgan fingerprint density at radius 2 is 1.93 bits per heavy atom. The highest BCUT2D eigenvalue weighted by Gasteiger charge is 2.18. The molecule has 7 nitrogen and oxygen atoms in total. The van der Waals surface area contributed by atoms with E-state index >= 15 is 0 Å². The van der Waals surface area contributed by atoms with Gasteiger partial charge in [-0.2, -0.15) is 5.10 Å². The molecule has 0 aliphatic heterocycles. The second-order valence-corrected chi connectivity index (χ2v) is 6.77. The minimum Gasteiger partial charge on any atom is -0.368 e. The van der Waals surface area contributed by atoms with Crippen LogP contribution in [-0.4, -0.2) is 25.7 Å². The zero-order valence-electron chi connectivity index (χ0n) is 16.3. The summed E-state index contributed by atoms with van der Waals surface area (Å²) in [4.78, 5) is 20.8. The molecular weight excluding hydrogens is 359 g/mol. The Bertz CT molecular complexity index is 1010. The van der Waals surface area contributed by atoms with Crippen molar-refractivity contribution in [2.24, 2.45) is 0 Å². The van der Waals surface area contributed by atoms with E-state index in [-0.39, 0.29) is 30.1 Å². The molecule has 1 aromatic carbocycles. The number of halogens is 1. The third kappa shape index (κ3) is 4.00. The van der Waals surface area contributed by atoms with Crippen molar-refractivity contribution in [2.45, 2.75) is 40.2 Å². The number of hydrogen-bond donors (Lipinski definition) is 2. The fraction of sp³-hybridized carbons (Fsp3) is 0.300. The number of carbonyl (C=O) groups excluding carboxylic acids is 1. The van der Waals surface area contributed by atoms with Crippen molar-refractivity contribution >= 4 is 11.9 Å². The van der Waals surface area contributed by atoms with Crippen LogP contribution in [0.5, 0.6) is 0 Å². The van der Waals surface area contributed by atoms with Gasteiger partial charge >= 0.3 is 0 Å². The van der Waals surface area contributed by atoms with Crippen molar-refractivity contribution in [3.63, 3.8) is 0 Å². The van der Waals surface area contributed by atoms with Crippen LogP contribution in [-0.2, 0) is 11.2 Å². The lowest BCUT2D eigenvalue weighted by atomic mass is 10.1. The maximum atomic E-state index is 13.5. The second kappa shape index (κ2) is 7.75. The molecule has 146 valence electrons. The molecule has 0 spiro atoms. The monoisotopic (exact) mass is 382 g/mol. The Hall–Kier alpha value is -3.29. The van der Waals surface area contributed by atoms with Crippen molar-refractivity contribution < 1.29 is 9.18 Å². The molecule has 0 fully saturated rings. The molecule has 8 heteroatoms. The van der Waals surface area contributed by atoms with E-state index in [1.54, 1.807) is 23.0 Å². The molecular formula is C20H23FN6O. The molecule has 3 rings (SSSR count). The van der Waals surface area contributed by atoms with E-state index in [9.17, 15) is 9.18 Å². The lowest BCUT2D eigenvalue weighted by Crippen LogP contribution is -2.29. The largest absolute Gasteiger partial charge is 0.368 e. The van der Waals surface area contributed by atoms with Gasteiger partial charge in [0.2, 0.25) is 11.9 Å². The minimum atomic E-state index is -0.327. The number of nitrogens with zero attached hydrogens (tertiary/aromatic N) is 4. The Morgan fingerprint density at radius 3 is 2.57 bits per heavy atom. The van der Waals surface area contributed by atoms with Crippen molar-refractivity contribution in [3.05, 3.63) is 64.5 Å². The van der Waals surface area contributed by atoms with Gasteiger partial charge in [-0.05, 0) is 45.9 Å². The van der Waals surface area contributed by atoms with Gasteiger partial charge < -0.3 is 11.1 Å². The van der Waals surface area contributed by atoms with E-state index in [1.807, 2.05) is 27.7 Å². The molecule has 2 aromatic heterocycles. The van der Waals surface area contributed by atoms with Crippen LogP contribution in [0.15, 0.2) is 30.5 Å². The average Bonchev–Trinajstić information content (AvgIpc) is 2.99. The van der Waals surface area contributed by atoms with Crippen LogP contribution >= 0.6 is 0 Å². The van der Waals surface area contributed by atoms with Crippen molar-refractivity contribution in [2.75, 3.05) is 5.73 Å². The smallest absolute Gasteiger partial charge is 0.225 e. The summed E-state index contributed by atoms with van der Waals surface area (Å²) >= 11 is 0. The highest BCUT2D eigenvalue weighted by Crippen LogP contribution is 2.21. The molecule has 28 heavy (non-hydrogen) atoms. The molecule has 0 bridgehead atoms. The Labute approximate surface area is 162 Å². The highest BCUT2D eigenvalue weighted by atomic mass is 19.1. The maximum absolute atomic E-state index is 13.5. The molecule has 1 atom stereocenters.